The summed E-state index contributed by atoms with van der Waals surface area (Å²) in [5, 5.41) is 3.26. The van der Waals surface area contributed by atoms with Crippen LogP contribution in [0.5, 0.6) is 0 Å². The first-order chi connectivity index (χ1) is 10.5. The number of unbranched alkanes of at least 4 members (excludes halogenated alkanes) is 1. The highest BCUT2D eigenvalue weighted by Crippen LogP contribution is 2.11. The lowest BCUT2D eigenvalue weighted by molar-refractivity contribution is 0.0963. The normalized spacial score (nSPS) is 16.9. The Balaban J connectivity index is 2.18. The second kappa shape index (κ2) is 10.3. The fraction of sp³-hybridized carbons (Fsp3) is 0.875. The molecule has 0 spiro atoms. The van der Waals surface area contributed by atoms with Crippen molar-refractivity contribution in [1.82, 2.24) is 10.2 Å². The van der Waals surface area contributed by atoms with Crippen molar-refractivity contribution in [3.8, 4) is 0 Å². The molecule has 0 bridgehead atoms. The summed E-state index contributed by atoms with van der Waals surface area (Å²) in [5.74, 6) is 1.28. The average molecular weight is 312 g/mol. The molecule has 1 amide bonds. The molecule has 0 saturated carbocycles. The molecule has 0 aromatic rings. The summed E-state index contributed by atoms with van der Waals surface area (Å²) in [4.78, 5) is 17.7. The molecule has 0 atom stereocenters. The highest BCUT2D eigenvalue weighted by molar-refractivity contribution is 5.78. The average Bonchev–Trinajstić information content (AvgIpc) is 2.47. The minimum Gasteiger partial charge on any atom is -0.450 e. The molecule has 1 heterocycles. The maximum absolute atomic E-state index is 11.6. The van der Waals surface area contributed by atoms with Gasteiger partial charge in [0.05, 0.1) is 6.61 Å². The first-order valence-electron chi connectivity index (χ1n) is 8.51. The molecular formula is C16H32N4O2. The summed E-state index contributed by atoms with van der Waals surface area (Å²) >= 11 is 0. The standard InChI is InChI=1S/C16H32N4O2/c1-4-22-16(21)20-11-8-14(9-12-20)19-15(17)18-10-6-5-7-13(2)3/h13-14H,4-12H2,1-3H3,(H3,17,18,19). The Hall–Kier alpha value is -1.46. The van der Waals surface area contributed by atoms with Crippen LogP contribution in [0.4, 0.5) is 4.79 Å². The fourth-order valence-corrected chi connectivity index (χ4v) is 2.54. The van der Waals surface area contributed by atoms with Crippen molar-refractivity contribution in [3.05, 3.63) is 0 Å². The molecule has 1 saturated heterocycles. The van der Waals surface area contributed by atoms with Crippen molar-refractivity contribution in [3.63, 3.8) is 0 Å². The Morgan fingerprint density at radius 2 is 2.05 bits per heavy atom. The third-order valence-corrected chi connectivity index (χ3v) is 3.84. The summed E-state index contributed by atoms with van der Waals surface area (Å²) in [6.07, 6.45) is 5.07. The summed E-state index contributed by atoms with van der Waals surface area (Å²) in [6, 6.07) is 0.296. The Bertz CT molecular complexity index is 350. The Morgan fingerprint density at radius 1 is 1.36 bits per heavy atom. The van der Waals surface area contributed by atoms with Crippen molar-refractivity contribution in [2.24, 2.45) is 16.6 Å². The van der Waals surface area contributed by atoms with Gasteiger partial charge in [-0.15, -0.1) is 0 Å². The molecule has 6 heteroatoms. The van der Waals surface area contributed by atoms with E-state index in [1.165, 1.54) is 12.8 Å². The molecule has 0 aliphatic carbocycles. The quantitative estimate of drug-likeness (QED) is 0.429. The Morgan fingerprint density at radius 3 is 2.64 bits per heavy atom. The summed E-state index contributed by atoms with van der Waals surface area (Å²) in [7, 11) is 0. The van der Waals surface area contributed by atoms with Gasteiger partial charge in [0.1, 0.15) is 0 Å². The van der Waals surface area contributed by atoms with Crippen LogP contribution < -0.4 is 11.1 Å². The summed E-state index contributed by atoms with van der Waals surface area (Å²) in [5.41, 5.74) is 5.92. The second-order valence-corrected chi connectivity index (χ2v) is 6.26. The zero-order chi connectivity index (χ0) is 16.4. The van der Waals surface area contributed by atoms with Crippen LogP contribution >= 0.6 is 0 Å². The number of rotatable bonds is 7. The van der Waals surface area contributed by atoms with Crippen LogP contribution in [0, 0.1) is 5.92 Å². The Labute approximate surface area is 134 Å². The van der Waals surface area contributed by atoms with Gasteiger partial charge < -0.3 is 20.7 Å². The predicted octanol–water partition coefficient (Wildman–Crippen LogP) is 2.34. The van der Waals surface area contributed by atoms with Crippen LogP contribution in [0.2, 0.25) is 0 Å². The van der Waals surface area contributed by atoms with Gasteiger partial charge in [-0.3, -0.25) is 4.99 Å². The number of nitrogens with two attached hydrogens (primary N) is 1. The van der Waals surface area contributed by atoms with Gasteiger partial charge in [-0.05, 0) is 32.1 Å². The van der Waals surface area contributed by atoms with E-state index in [1.807, 2.05) is 6.92 Å². The Kier molecular flexibility index (Phi) is 8.70. The zero-order valence-electron chi connectivity index (χ0n) is 14.3. The van der Waals surface area contributed by atoms with Gasteiger partial charge in [-0.25, -0.2) is 4.79 Å². The number of nitrogens with zero attached hydrogens (tertiary/aromatic N) is 2. The van der Waals surface area contributed by atoms with Crippen LogP contribution in [-0.2, 0) is 4.74 Å². The van der Waals surface area contributed by atoms with Crippen molar-refractivity contribution < 1.29 is 9.53 Å². The van der Waals surface area contributed by atoms with Gasteiger partial charge in [0.15, 0.2) is 5.96 Å². The number of carbonyl (C=O) groups is 1. The van der Waals surface area contributed by atoms with Crippen molar-refractivity contribution >= 4 is 12.1 Å². The molecule has 0 radical (unpaired) electrons. The van der Waals surface area contributed by atoms with Gasteiger partial charge >= 0.3 is 6.09 Å². The van der Waals surface area contributed by atoms with Crippen LogP contribution in [0.15, 0.2) is 4.99 Å². The molecule has 1 aliphatic heterocycles. The molecule has 0 unspecified atom stereocenters. The third kappa shape index (κ3) is 7.52. The second-order valence-electron chi connectivity index (χ2n) is 6.26. The fourth-order valence-electron chi connectivity index (χ4n) is 2.54. The number of ether oxygens (including phenoxy) is 1. The smallest absolute Gasteiger partial charge is 0.409 e. The first-order valence-corrected chi connectivity index (χ1v) is 8.51. The van der Waals surface area contributed by atoms with Crippen LogP contribution in [0.1, 0.15) is 52.9 Å². The van der Waals surface area contributed by atoms with Crippen molar-refractivity contribution in [1.29, 1.82) is 0 Å². The van der Waals surface area contributed by atoms with Crippen LogP contribution in [0.3, 0.4) is 0 Å². The van der Waals surface area contributed by atoms with Crippen molar-refractivity contribution in [2.75, 3.05) is 26.2 Å². The third-order valence-electron chi connectivity index (χ3n) is 3.84. The van der Waals surface area contributed by atoms with E-state index in [9.17, 15) is 4.79 Å². The van der Waals surface area contributed by atoms with Crippen LogP contribution in [0.25, 0.3) is 0 Å². The maximum Gasteiger partial charge on any atom is 0.409 e. The molecule has 1 aliphatic rings. The van der Waals surface area contributed by atoms with E-state index >= 15 is 0 Å². The number of piperidine rings is 1. The molecule has 6 nitrogen and oxygen atoms in total. The lowest BCUT2D eigenvalue weighted by Gasteiger charge is -2.31. The molecule has 3 N–H and O–H groups in total. The molecule has 1 fully saturated rings. The number of guanidine groups is 1. The van der Waals surface area contributed by atoms with Gasteiger partial charge in [-0.2, -0.15) is 0 Å². The molecule has 22 heavy (non-hydrogen) atoms. The molecule has 0 aromatic heterocycles. The van der Waals surface area contributed by atoms with E-state index in [0.717, 1.165) is 31.7 Å². The number of nitrogens with one attached hydrogen (secondary N) is 1. The lowest BCUT2D eigenvalue weighted by atomic mass is 10.1. The SMILES string of the molecule is CCOC(=O)N1CCC(NC(N)=NCCCCC(C)C)CC1. The maximum atomic E-state index is 11.6. The number of hydrogen-bond acceptors (Lipinski definition) is 3. The van der Waals surface area contributed by atoms with Crippen molar-refractivity contribution in [2.45, 2.75) is 58.9 Å². The molecular weight excluding hydrogens is 280 g/mol. The van der Waals surface area contributed by atoms with Gasteiger partial charge in [0.2, 0.25) is 0 Å². The molecule has 1 rings (SSSR count). The van der Waals surface area contributed by atoms with E-state index in [1.54, 1.807) is 4.90 Å². The first kappa shape index (κ1) is 18.6. The predicted molar refractivity (Wildman–Crippen MR) is 89.9 cm³/mol. The highest BCUT2D eigenvalue weighted by Gasteiger charge is 2.23. The minimum absolute atomic E-state index is 0.215. The zero-order valence-corrected chi connectivity index (χ0v) is 14.3. The van der Waals surface area contributed by atoms with E-state index in [0.29, 0.717) is 31.7 Å². The number of likely N-dealkylation sites (tertiary alicyclic amines) is 1. The molecule has 128 valence electrons. The van der Waals surface area contributed by atoms with Gasteiger partial charge in [0, 0.05) is 25.7 Å². The number of amides is 1. The van der Waals surface area contributed by atoms with Gasteiger partial charge in [0.25, 0.3) is 0 Å². The number of hydrogen-bond donors (Lipinski definition) is 2. The van der Waals surface area contributed by atoms with E-state index in [-0.39, 0.29) is 6.09 Å². The monoisotopic (exact) mass is 312 g/mol. The highest BCUT2D eigenvalue weighted by atomic mass is 16.6. The number of aliphatic imine (C=N–C) groups is 1. The topological polar surface area (TPSA) is 80.0 Å². The van der Waals surface area contributed by atoms with Crippen LogP contribution in [-0.4, -0.2) is 49.2 Å². The number of carbonyl (C=O) groups excluding carboxylic acids is 1. The minimum atomic E-state index is -0.215. The van der Waals surface area contributed by atoms with E-state index in [4.69, 9.17) is 10.5 Å². The summed E-state index contributed by atoms with van der Waals surface area (Å²) < 4.78 is 5.01. The lowest BCUT2D eigenvalue weighted by Crippen LogP contribution is -2.48. The van der Waals surface area contributed by atoms with Gasteiger partial charge in [-0.1, -0.05) is 26.7 Å². The largest absolute Gasteiger partial charge is 0.450 e. The summed E-state index contributed by atoms with van der Waals surface area (Å²) in [6.45, 7) is 8.92. The van der Waals surface area contributed by atoms with E-state index < -0.39 is 0 Å². The molecule has 0 aromatic carbocycles. The van der Waals surface area contributed by atoms with E-state index in [2.05, 4.69) is 24.2 Å².